The summed E-state index contributed by atoms with van der Waals surface area (Å²) in [6, 6.07) is 20.1. The Bertz CT molecular complexity index is 1550. The molecule has 1 atom stereocenters. The Morgan fingerprint density at radius 2 is 1.92 bits per heavy atom. The van der Waals surface area contributed by atoms with Gasteiger partial charge in [-0.1, -0.05) is 24.3 Å². The molecule has 0 aliphatic carbocycles. The Labute approximate surface area is 215 Å². The molecular formula is C30H28N4O3. The number of hydrogen-bond donors (Lipinski definition) is 1. The number of imide groups is 1. The van der Waals surface area contributed by atoms with Crippen LogP contribution in [0.5, 0.6) is 5.75 Å². The van der Waals surface area contributed by atoms with Gasteiger partial charge < -0.3 is 14.6 Å². The predicted molar refractivity (Wildman–Crippen MR) is 142 cm³/mol. The molecule has 0 saturated heterocycles. The number of pyridine rings is 1. The van der Waals surface area contributed by atoms with E-state index in [1.807, 2.05) is 54.6 Å². The van der Waals surface area contributed by atoms with Crippen LogP contribution in [0.2, 0.25) is 0 Å². The highest BCUT2D eigenvalue weighted by atomic mass is 16.5. The number of ether oxygens (including phenoxy) is 1. The summed E-state index contributed by atoms with van der Waals surface area (Å²) in [6.45, 7) is 6.37. The summed E-state index contributed by atoms with van der Waals surface area (Å²) in [5.74, 6) is -0.0945. The lowest BCUT2D eigenvalue weighted by molar-refractivity contribution is -0.139. The standard InChI is InChI=1S/C30H28N4O3/c1-18(2)33-15-23-27(20-10-12-22(13-11-20)37-17-21-7-4-5-14-31-21)29-25(16-34(19(3)35)30(29)36)32-24-8-6-9-26(33)28(23)24/h4-15,18,27,32H,16-17H2,1-3H3/t27-/m1/s1. The van der Waals surface area contributed by atoms with Crippen LogP contribution in [-0.2, 0) is 16.2 Å². The number of carbonyl (C=O) groups is 2. The quantitative estimate of drug-likeness (QED) is 0.404. The van der Waals surface area contributed by atoms with Gasteiger partial charge in [-0.2, -0.15) is 0 Å². The number of benzene rings is 2. The average Bonchev–Trinajstić information content (AvgIpc) is 3.39. The number of aromatic nitrogens is 2. The lowest BCUT2D eigenvalue weighted by Gasteiger charge is -2.20. The maximum absolute atomic E-state index is 13.6. The third-order valence-electron chi connectivity index (χ3n) is 7.15. The SMILES string of the molecule is CC(=O)N1CC2=C(C1=O)[C@H](c1ccc(OCc3ccccn3)cc1)c1cn(C(C)C)c3cccc(c13)N2. The van der Waals surface area contributed by atoms with Crippen molar-refractivity contribution in [1.29, 1.82) is 0 Å². The molecule has 6 rings (SSSR count). The first kappa shape index (κ1) is 23.0. The largest absolute Gasteiger partial charge is 0.487 e. The summed E-state index contributed by atoms with van der Waals surface area (Å²) < 4.78 is 8.20. The second kappa shape index (κ2) is 8.92. The Morgan fingerprint density at radius 3 is 2.62 bits per heavy atom. The van der Waals surface area contributed by atoms with Crippen molar-refractivity contribution < 1.29 is 14.3 Å². The van der Waals surface area contributed by atoms with Crippen LogP contribution in [0, 0.1) is 0 Å². The summed E-state index contributed by atoms with van der Waals surface area (Å²) >= 11 is 0. The summed E-state index contributed by atoms with van der Waals surface area (Å²) in [4.78, 5) is 31.6. The van der Waals surface area contributed by atoms with Crippen LogP contribution >= 0.6 is 0 Å². The summed E-state index contributed by atoms with van der Waals surface area (Å²) in [6.07, 6.45) is 3.91. The summed E-state index contributed by atoms with van der Waals surface area (Å²) in [5, 5.41) is 4.63. The van der Waals surface area contributed by atoms with E-state index in [4.69, 9.17) is 4.74 Å². The maximum Gasteiger partial charge on any atom is 0.259 e. The number of hydrogen-bond acceptors (Lipinski definition) is 5. The normalized spacial score (nSPS) is 16.7. The molecule has 0 spiro atoms. The monoisotopic (exact) mass is 492 g/mol. The average molecular weight is 493 g/mol. The van der Waals surface area contributed by atoms with Gasteiger partial charge in [0.2, 0.25) is 5.91 Å². The molecule has 37 heavy (non-hydrogen) atoms. The van der Waals surface area contributed by atoms with E-state index >= 15 is 0 Å². The van der Waals surface area contributed by atoms with E-state index in [1.165, 1.54) is 11.8 Å². The topological polar surface area (TPSA) is 76.5 Å². The van der Waals surface area contributed by atoms with Gasteiger partial charge in [0.25, 0.3) is 5.91 Å². The Morgan fingerprint density at radius 1 is 1.11 bits per heavy atom. The van der Waals surface area contributed by atoms with Crippen LogP contribution in [0.15, 0.2) is 84.3 Å². The highest BCUT2D eigenvalue weighted by Crippen LogP contribution is 2.47. The van der Waals surface area contributed by atoms with Gasteiger partial charge in [-0.25, -0.2) is 0 Å². The van der Waals surface area contributed by atoms with Crippen molar-refractivity contribution in [2.45, 2.75) is 39.3 Å². The lowest BCUT2D eigenvalue weighted by Crippen LogP contribution is -2.33. The van der Waals surface area contributed by atoms with E-state index in [-0.39, 0.29) is 30.3 Å². The third kappa shape index (κ3) is 3.87. The zero-order valence-electron chi connectivity index (χ0n) is 21.1. The van der Waals surface area contributed by atoms with Gasteiger partial charge in [0.15, 0.2) is 0 Å². The molecule has 1 N–H and O–H groups in total. The van der Waals surface area contributed by atoms with Gasteiger partial charge in [-0.05, 0) is 61.4 Å². The van der Waals surface area contributed by atoms with Crippen molar-refractivity contribution in [1.82, 2.24) is 14.5 Å². The van der Waals surface area contributed by atoms with Gasteiger partial charge >= 0.3 is 0 Å². The molecule has 186 valence electrons. The molecule has 2 aromatic heterocycles. The number of nitrogens with zero attached hydrogens (tertiary/aromatic N) is 3. The predicted octanol–water partition coefficient (Wildman–Crippen LogP) is 5.40. The van der Waals surface area contributed by atoms with Crippen LogP contribution in [-0.4, -0.2) is 32.8 Å². The minimum absolute atomic E-state index is 0.242. The number of nitrogens with one attached hydrogen (secondary N) is 1. The van der Waals surface area contributed by atoms with Crippen molar-refractivity contribution in [3.63, 3.8) is 0 Å². The van der Waals surface area contributed by atoms with E-state index < -0.39 is 0 Å². The zero-order valence-corrected chi connectivity index (χ0v) is 21.1. The van der Waals surface area contributed by atoms with Crippen molar-refractivity contribution in [3.05, 3.63) is 101 Å². The molecule has 2 aliphatic heterocycles. The molecule has 0 bridgehead atoms. The van der Waals surface area contributed by atoms with Gasteiger partial charge in [-0.15, -0.1) is 0 Å². The Balaban J connectivity index is 1.45. The second-order valence-corrected chi connectivity index (χ2v) is 9.82. The van der Waals surface area contributed by atoms with E-state index in [9.17, 15) is 9.59 Å². The van der Waals surface area contributed by atoms with E-state index in [0.717, 1.165) is 44.9 Å². The second-order valence-electron chi connectivity index (χ2n) is 9.82. The minimum atomic E-state index is -0.324. The van der Waals surface area contributed by atoms with E-state index in [1.54, 1.807) is 6.20 Å². The van der Waals surface area contributed by atoms with Crippen LogP contribution in [0.1, 0.15) is 49.6 Å². The fraction of sp³-hybridized carbons (Fsp3) is 0.233. The van der Waals surface area contributed by atoms with Crippen LogP contribution in [0.3, 0.4) is 0 Å². The van der Waals surface area contributed by atoms with Gasteiger partial charge in [0.1, 0.15) is 12.4 Å². The molecule has 0 fully saturated rings. The third-order valence-corrected chi connectivity index (χ3v) is 7.15. The first-order valence-corrected chi connectivity index (χ1v) is 12.5. The molecular weight excluding hydrogens is 464 g/mol. The van der Waals surface area contributed by atoms with Crippen molar-refractivity contribution >= 4 is 28.4 Å². The molecule has 2 aliphatic rings. The molecule has 2 aromatic carbocycles. The molecule has 0 radical (unpaired) electrons. The molecule has 0 saturated carbocycles. The number of amides is 2. The molecule has 4 aromatic rings. The van der Waals surface area contributed by atoms with E-state index in [0.29, 0.717) is 12.2 Å². The van der Waals surface area contributed by atoms with Gasteiger partial charge in [0, 0.05) is 48.0 Å². The van der Waals surface area contributed by atoms with E-state index in [2.05, 4.69) is 41.0 Å². The molecule has 4 heterocycles. The smallest absolute Gasteiger partial charge is 0.259 e. The minimum Gasteiger partial charge on any atom is -0.487 e. The fourth-order valence-electron chi connectivity index (χ4n) is 5.40. The molecule has 7 nitrogen and oxygen atoms in total. The maximum atomic E-state index is 13.6. The number of anilines is 1. The first-order chi connectivity index (χ1) is 17.9. The lowest BCUT2D eigenvalue weighted by atomic mass is 9.84. The zero-order chi connectivity index (χ0) is 25.7. The molecule has 2 amide bonds. The Hall–Kier alpha value is -4.39. The van der Waals surface area contributed by atoms with Crippen molar-refractivity contribution in [2.75, 3.05) is 11.9 Å². The van der Waals surface area contributed by atoms with Crippen molar-refractivity contribution in [3.8, 4) is 5.75 Å². The van der Waals surface area contributed by atoms with Crippen LogP contribution in [0.25, 0.3) is 10.9 Å². The summed E-state index contributed by atoms with van der Waals surface area (Å²) in [7, 11) is 0. The number of rotatable bonds is 5. The fourth-order valence-corrected chi connectivity index (χ4v) is 5.40. The van der Waals surface area contributed by atoms with Gasteiger partial charge in [0.05, 0.1) is 23.3 Å². The first-order valence-electron chi connectivity index (χ1n) is 12.5. The van der Waals surface area contributed by atoms with Crippen molar-refractivity contribution in [2.24, 2.45) is 0 Å². The number of carbonyl (C=O) groups excluding carboxylic acids is 2. The molecule has 0 unspecified atom stereocenters. The Kier molecular flexibility index (Phi) is 5.56. The van der Waals surface area contributed by atoms with Crippen LogP contribution in [0.4, 0.5) is 5.69 Å². The highest BCUT2D eigenvalue weighted by molar-refractivity contribution is 6.11. The summed E-state index contributed by atoms with van der Waals surface area (Å²) in [5.41, 5.74) is 6.35. The van der Waals surface area contributed by atoms with Gasteiger partial charge in [-0.3, -0.25) is 19.5 Å². The van der Waals surface area contributed by atoms with Crippen LogP contribution < -0.4 is 10.1 Å². The highest BCUT2D eigenvalue weighted by Gasteiger charge is 2.41. The molecule has 7 heteroatoms.